The van der Waals surface area contributed by atoms with Crippen LogP contribution in [0.5, 0.6) is 0 Å². The van der Waals surface area contributed by atoms with Gasteiger partial charge in [-0.05, 0) is 42.3 Å². The molecule has 6 heteroatoms. The number of carbonyl (C=O) groups is 1. The molecule has 0 aliphatic rings. The van der Waals surface area contributed by atoms with Crippen molar-refractivity contribution < 1.29 is 4.79 Å². The number of rotatable bonds is 6. The number of hydrogen-bond acceptors (Lipinski definition) is 4. The van der Waals surface area contributed by atoms with Crippen LogP contribution in [0.25, 0.3) is 10.9 Å². The van der Waals surface area contributed by atoms with Crippen LogP contribution in [0.4, 0.5) is 0 Å². The summed E-state index contributed by atoms with van der Waals surface area (Å²) < 4.78 is 1.75. The second-order valence-electron chi connectivity index (χ2n) is 7.97. The molecule has 0 radical (unpaired) electrons. The van der Waals surface area contributed by atoms with E-state index in [1.807, 2.05) is 67.6 Å². The van der Waals surface area contributed by atoms with Crippen LogP contribution >= 0.6 is 11.8 Å². The van der Waals surface area contributed by atoms with E-state index in [0.717, 1.165) is 11.1 Å². The zero-order valence-corrected chi connectivity index (χ0v) is 19.2. The van der Waals surface area contributed by atoms with Gasteiger partial charge in [-0.2, -0.15) is 0 Å². The minimum Gasteiger partial charge on any atom is -0.345 e. The number of carbonyl (C=O) groups excluding carboxylic acids is 1. The molecular weight excluding hydrogens is 418 g/mol. The van der Waals surface area contributed by atoms with Crippen molar-refractivity contribution in [2.45, 2.75) is 24.4 Å². The third-order valence-corrected chi connectivity index (χ3v) is 6.31. The van der Waals surface area contributed by atoms with Gasteiger partial charge in [-0.15, -0.1) is 0 Å². The van der Waals surface area contributed by atoms with E-state index in [-0.39, 0.29) is 11.5 Å². The normalized spacial score (nSPS) is 11.0. The molecule has 0 saturated heterocycles. The van der Waals surface area contributed by atoms with E-state index >= 15 is 0 Å². The maximum atomic E-state index is 13.3. The average Bonchev–Trinajstić information content (AvgIpc) is 2.81. The van der Waals surface area contributed by atoms with Crippen molar-refractivity contribution in [1.82, 2.24) is 14.5 Å². The Morgan fingerprint density at radius 2 is 1.59 bits per heavy atom. The Balaban J connectivity index is 1.64. The van der Waals surface area contributed by atoms with E-state index in [2.05, 4.69) is 12.1 Å². The fourth-order valence-electron chi connectivity index (χ4n) is 3.42. The van der Waals surface area contributed by atoms with Gasteiger partial charge in [-0.1, -0.05) is 65.9 Å². The second kappa shape index (κ2) is 9.40. The van der Waals surface area contributed by atoms with Gasteiger partial charge in [0.15, 0.2) is 5.16 Å². The first-order valence-electron chi connectivity index (χ1n) is 10.4. The topological polar surface area (TPSA) is 55.2 Å². The molecule has 5 nitrogen and oxygen atoms in total. The maximum Gasteiger partial charge on any atom is 0.262 e. The first-order chi connectivity index (χ1) is 15.4. The van der Waals surface area contributed by atoms with Crippen LogP contribution in [-0.4, -0.2) is 34.5 Å². The van der Waals surface area contributed by atoms with Gasteiger partial charge < -0.3 is 4.90 Å². The standard InChI is InChI=1S/C26H25N3O2S/c1-18-8-10-19(11-9-18)16-29-25(31)22-6-4-5-7-23(22)27-26(29)32-17-20-12-14-21(15-13-20)24(30)28(2)3/h4-15H,16-17H2,1-3H3. The summed E-state index contributed by atoms with van der Waals surface area (Å²) in [6.45, 7) is 2.52. The third-order valence-electron chi connectivity index (χ3n) is 5.26. The summed E-state index contributed by atoms with van der Waals surface area (Å²) in [6.07, 6.45) is 0. The van der Waals surface area contributed by atoms with Gasteiger partial charge in [-0.3, -0.25) is 14.2 Å². The van der Waals surface area contributed by atoms with Gasteiger partial charge in [0.2, 0.25) is 0 Å². The minimum atomic E-state index is -0.0365. The molecule has 1 aromatic heterocycles. The molecule has 0 N–H and O–H groups in total. The number of aryl methyl sites for hydroxylation is 1. The Labute approximate surface area is 191 Å². The van der Waals surface area contributed by atoms with Crippen LogP contribution < -0.4 is 5.56 Å². The molecule has 1 heterocycles. The van der Waals surface area contributed by atoms with Crippen molar-refractivity contribution in [2.75, 3.05) is 14.1 Å². The Kier molecular flexibility index (Phi) is 6.42. The molecule has 4 aromatic rings. The number of nitrogens with zero attached hydrogens (tertiary/aromatic N) is 3. The van der Waals surface area contributed by atoms with E-state index in [0.29, 0.717) is 33.9 Å². The van der Waals surface area contributed by atoms with E-state index < -0.39 is 0 Å². The number of thioether (sulfide) groups is 1. The van der Waals surface area contributed by atoms with E-state index in [1.54, 1.807) is 23.6 Å². The van der Waals surface area contributed by atoms with Gasteiger partial charge in [-0.25, -0.2) is 4.98 Å². The molecule has 0 bridgehead atoms. The smallest absolute Gasteiger partial charge is 0.262 e. The zero-order chi connectivity index (χ0) is 22.7. The fourth-order valence-corrected chi connectivity index (χ4v) is 4.38. The summed E-state index contributed by atoms with van der Waals surface area (Å²) in [4.78, 5) is 31.8. The summed E-state index contributed by atoms with van der Waals surface area (Å²) >= 11 is 1.53. The third kappa shape index (κ3) is 4.75. The predicted octanol–water partition coefficient (Wildman–Crippen LogP) is 4.75. The zero-order valence-electron chi connectivity index (χ0n) is 18.4. The van der Waals surface area contributed by atoms with Crippen molar-refractivity contribution in [1.29, 1.82) is 0 Å². The lowest BCUT2D eigenvalue weighted by molar-refractivity contribution is 0.0827. The Bertz CT molecular complexity index is 1310. The first-order valence-corrected chi connectivity index (χ1v) is 11.4. The van der Waals surface area contributed by atoms with Crippen LogP contribution in [0.2, 0.25) is 0 Å². The summed E-state index contributed by atoms with van der Waals surface area (Å²) in [7, 11) is 3.48. The average molecular weight is 444 g/mol. The quantitative estimate of drug-likeness (QED) is 0.319. The number of benzene rings is 3. The van der Waals surface area contributed by atoms with Gasteiger partial charge in [0.1, 0.15) is 0 Å². The van der Waals surface area contributed by atoms with Crippen molar-refractivity contribution in [3.63, 3.8) is 0 Å². The van der Waals surface area contributed by atoms with E-state index in [4.69, 9.17) is 4.98 Å². The van der Waals surface area contributed by atoms with Gasteiger partial charge >= 0.3 is 0 Å². The highest BCUT2D eigenvalue weighted by atomic mass is 32.2. The maximum absolute atomic E-state index is 13.3. The fraction of sp³-hybridized carbons (Fsp3) is 0.192. The number of para-hydroxylation sites is 1. The lowest BCUT2D eigenvalue weighted by atomic mass is 10.1. The highest BCUT2D eigenvalue weighted by molar-refractivity contribution is 7.98. The molecule has 0 aliphatic carbocycles. The molecule has 1 amide bonds. The Hall–Kier alpha value is -3.38. The van der Waals surface area contributed by atoms with Crippen LogP contribution in [0.3, 0.4) is 0 Å². The SMILES string of the molecule is Cc1ccc(Cn2c(SCc3ccc(C(=O)N(C)C)cc3)nc3ccccc3c2=O)cc1. The highest BCUT2D eigenvalue weighted by Gasteiger charge is 2.13. The van der Waals surface area contributed by atoms with Crippen molar-refractivity contribution in [2.24, 2.45) is 0 Å². The van der Waals surface area contributed by atoms with Crippen molar-refractivity contribution in [3.05, 3.63) is 105 Å². The molecular formula is C26H25N3O2S. The van der Waals surface area contributed by atoms with Crippen molar-refractivity contribution in [3.8, 4) is 0 Å². The number of fused-ring (bicyclic) bond motifs is 1. The first kappa shape index (κ1) is 21.8. The molecule has 0 spiro atoms. The lowest BCUT2D eigenvalue weighted by Gasteiger charge is -2.14. The number of hydrogen-bond donors (Lipinski definition) is 0. The number of aromatic nitrogens is 2. The van der Waals surface area contributed by atoms with Gasteiger partial charge in [0.05, 0.1) is 17.4 Å². The van der Waals surface area contributed by atoms with Crippen LogP contribution in [0.1, 0.15) is 27.0 Å². The molecule has 0 fully saturated rings. The molecule has 162 valence electrons. The predicted molar refractivity (Wildman–Crippen MR) is 130 cm³/mol. The molecule has 0 unspecified atom stereocenters. The highest BCUT2D eigenvalue weighted by Crippen LogP contribution is 2.23. The molecule has 0 aliphatic heterocycles. The Morgan fingerprint density at radius 1 is 0.938 bits per heavy atom. The monoisotopic (exact) mass is 443 g/mol. The molecule has 3 aromatic carbocycles. The minimum absolute atomic E-state index is 0.0210. The van der Waals surface area contributed by atoms with E-state index in [9.17, 15) is 9.59 Å². The lowest BCUT2D eigenvalue weighted by Crippen LogP contribution is -2.24. The summed E-state index contributed by atoms with van der Waals surface area (Å²) in [6, 6.07) is 23.2. The van der Waals surface area contributed by atoms with Crippen LogP contribution in [0.15, 0.2) is 82.7 Å². The molecule has 0 atom stereocenters. The van der Waals surface area contributed by atoms with Crippen molar-refractivity contribution >= 4 is 28.6 Å². The largest absolute Gasteiger partial charge is 0.345 e. The molecule has 0 saturated carbocycles. The summed E-state index contributed by atoms with van der Waals surface area (Å²) in [5, 5.41) is 1.30. The number of amides is 1. The van der Waals surface area contributed by atoms with Crippen LogP contribution in [-0.2, 0) is 12.3 Å². The second-order valence-corrected chi connectivity index (χ2v) is 8.92. The molecule has 32 heavy (non-hydrogen) atoms. The van der Waals surface area contributed by atoms with E-state index in [1.165, 1.54) is 17.3 Å². The van der Waals surface area contributed by atoms with Gasteiger partial charge in [0, 0.05) is 25.4 Å². The Morgan fingerprint density at radius 3 is 2.28 bits per heavy atom. The van der Waals surface area contributed by atoms with Crippen LogP contribution in [0, 0.1) is 6.92 Å². The van der Waals surface area contributed by atoms with Gasteiger partial charge in [0.25, 0.3) is 11.5 Å². The molecule has 4 rings (SSSR count). The summed E-state index contributed by atoms with van der Waals surface area (Å²) in [5.41, 5.74) is 4.63. The summed E-state index contributed by atoms with van der Waals surface area (Å²) in [5.74, 6) is 0.627.